The van der Waals surface area contributed by atoms with E-state index in [0.717, 1.165) is 12.3 Å². The lowest BCUT2D eigenvalue weighted by molar-refractivity contribution is 0.191. The van der Waals surface area contributed by atoms with Crippen LogP contribution in [-0.2, 0) is 4.43 Å². The Hall–Kier alpha value is 0.647. The molecule has 114 valence electrons. The molecule has 0 fully saturated rings. The fourth-order valence-electron chi connectivity index (χ4n) is 1.87. The molecule has 0 aliphatic rings. The maximum Gasteiger partial charge on any atom is 0.192 e. The topological polar surface area (TPSA) is 9.23 Å². The summed E-state index contributed by atoms with van der Waals surface area (Å²) in [7, 11) is -1.66. The van der Waals surface area contributed by atoms with Gasteiger partial charge in [0.25, 0.3) is 0 Å². The molecule has 0 aliphatic heterocycles. The SMILES string of the molecule is CCCC[C@H](C)C[C@@H](/C=C/I)O[Si](C)(C)C(C)(C)C. The maximum atomic E-state index is 6.54. The number of hydrogen-bond acceptors (Lipinski definition) is 1. The minimum Gasteiger partial charge on any atom is -0.411 e. The van der Waals surface area contributed by atoms with Gasteiger partial charge in [0.05, 0.1) is 6.10 Å². The summed E-state index contributed by atoms with van der Waals surface area (Å²) in [6.45, 7) is 16.2. The van der Waals surface area contributed by atoms with Crippen molar-refractivity contribution in [3.8, 4) is 0 Å². The van der Waals surface area contributed by atoms with Gasteiger partial charge >= 0.3 is 0 Å². The lowest BCUT2D eigenvalue weighted by Crippen LogP contribution is -2.43. The van der Waals surface area contributed by atoms with E-state index in [0.29, 0.717) is 6.10 Å². The van der Waals surface area contributed by atoms with E-state index in [1.165, 1.54) is 19.3 Å². The van der Waals surface area contributed by atoms with Gasteiger partial charge in [0.1, 0.15) is 0 Å². The summed E-state index contributed by atoms with van der Waals surface area (Å²) in [4.78, 5) is 0. The third-order valence-electron chi connectivity index (χ3n) is 4.22. The fraction of sp³-hybridized carbons (Fsp3) is 0.875. The highest BCUT2D eigenvalue weighted by Gasteiger charge is 2.38. The largest absolute Gasteiger partial charge is 0.411 e. The Morgan fingerprint density at radius 2 is 1.84 bits per heavy atom. The Morgan fingerprint density at radius 1 is 1.26 bits per heavy atom. The van der Waals surface area contributed by atoms with E-state index in [-0.39, 0.29) is 5.04 Å². The number of hydrogen-bond donors (Lipinski definition) is 0. The highest BCUT2D eigenvalue weighted by atomic mass is 127. The molecule has 0 radical (unpaired) electrons. The first-order valence-corrected chi connectivity index (χ1v) is 11.7. The summed E-state index contributed by atoms with van der Waals surface area (Å²) in [5.41, 5.74) is 0. The minimum absolute atomic E-state index is 0.289. The number of unbranched alkanes of at least 4 members (excludes halogenated alkanes) is 1. The monoisotopic (exact) mass is 396 g/mol. The van der Waals surface area contributed by atoms with Crippen LogP contribution in [-0.4, -0.2) is 14.4 Å². The highest BCUT2D eigenvalue weighted by Crippen LogP contribution is 2.38. The molecule has 0 saturated heterocycles. The number of rotatable bonds is 8. The van der Waals surface area contributed by atoms with E-state index >= 15 is 0 Å². The Kier molecular flexibility index (Phi) is 9.13. The first-order valence-electron chi connectivity index (χ1n) is 7.58. The van der Waals surface area contributed by atoms with Crippen molar-refractivity contribution in [3.05, 3.63) is 10.2 Å². The summed E-state index contributed by atoms with van der Waals surface area (Å²) in [6.07, 6.45) is 7.64. The summed E-state index contributed by atoms with van der Waals surface area (Å²) in [5, 5.41) is 0.289. The average Bonchev–Trinajstić information content (AvgIpc) is 2.24. The molecule has 3 heteroatoms. The smallest absolute Gasteiger partial charge is 0.192 e. The van der Waals surface area contributed by atoms with E-state index in [1.807, 2.05) is 0 Å². The van der Waals surface area contributed by atoms with Crippen LogP contribution < -0.4 is 0 Å². The zero-order valence-corrected chi connectivity index (χ0v) is 17.1. The summed E-state index contributed by atoms with van der Waals surface area (Å²) in [5.74, 6) is 0.752. The van der Waals surface area contributed by atoms with Gasteiger partial charge in [-0.2, -0.15) is 0 Å². The molecule has 0 aromatic carbocycles. The van der Waals surface area contributed by atoms with Gasteiger partial charge in [-0.1, -0.05) is 82.5 Å². The summed E-state index contributed by atoms with van der Waals surface area (Å²) < 4.78 is 8.65. The molecule has 0 unspecified atom stereocenters. The van der Waals surface area contributed by atoms with Crippen molar-refractivity contribution in [2.45, 2.75) is 84.5 Å². The zero-order valence-electron chi connectivity index (χ0n) is 13.9. The molecule has 0 aromatic rings. The first kappa shape index (κ1) is 19.6. The van der Waals surface area contributed by atoms with Gasteiger partial charge in [0.15, 0.2) is 8.32 Å². The Morgan fingerprint density at radius 3 is 2.26 bits per heavy atom. The average molecular weight is 396 g/mol. The van der Waals surface area contributed by atoms with Crippen molar-refractivity contribution in [1.29, 1.82) is 0 Å². The molecule has 0 rings (SSSR count). The predicted octanol–water partition coefficient (Wildman–Crippen LogP) is 6.54. The summed E-state index contributed by atoms with van der Waals surface area (Å²) in [6, 6.07) is 0. The van der Waals surface area contributed by atoms with Crippen LogP contribution in [0.2, 0.25) is 18.1 Å². The van der Waals surface area contributed by atoms with Crippen LogP contribution in [0, 0.1) is 5.92 Å². The van der Waals surface area contributed by atoms with E-state index in [9.17, 15) is 0 Å². The normalized spacial score (nSPS) is 16.8. The Balaban J connectivity index is 4.58. The molecule has 0 aromatic heterocycles. The molecular weight excluding hydrogens is 363 g/mol. The molecule has 19 heavy (non-hydrogen) atoms. The number of halogens is 1. The molecule has 1 nitrogen and oxygen atoms in total. The molecule has 0 amide bonds. The Labute approximate surface area is 135 Å². The van der Waals surface area contributed by atoms with Crippen LogP contribution in [0.4, 0.5) is 0 Å². The van der Waals surface area contributed by atoms with Crippen LogP contribution >= 0.6 is 22.6 Å². The van der Waals surface area contributed by atoms with E-state index in [2.05, 4.69) is 80.5 Å². The molecule has 0 saturated carbocycles. The van der Waals surface area contributed by atoms with Crippen LogP contribution in [0.1, 0.15) is 60.3 Å². The molecule has 2 atom stereocenters. The molecule has 0 N–H and O–H groups in total. The van der Waals surface area contributed by atoms with Crippen molar-refractivity contribution in [2.75, 3.05) is 0 Å². The van der Waals surface area contributed by atoms with Crippen LogP contribution in [0.3, 0.4) is 0 Å². The van der Waals surface area contributed by atoms with Crippen LogP contribution in [0.5, 0.6) is 0 Å². The molecule has 0 aliphatic carbocycles. The van der Waals surface area contributed by atoms with Crippen molar-refractivity contribution >= 4 is 30.9 Å². The highest BCUT2D eigenvalue weighted by molar-refractivity contribution is 14.1. The second-order valence-electron chi connectivity index (χ2n) is 7.22. The minimum atomic E-state index is -1.66. The first-order chi connectivity index (χ1) is 8.64. The predicted molar refractivity (Wildman–Crippen MR) is 98.5 cm³/mol. The quantitative estimate of drug-likeness (QED) is 0.334. The van der Waals surface area contributed by atoms with E-state index in [1.54, 1.807) is 0 Å². The fourth-order valence-corrected chi connectivity index (χ4v) is 3.62. The van der Waals surface area contributed by atoms with Gasteiger partial charge < -0.3 is 4.43 Å². The van der Waals surface area contributed by atoms with E-state index < -0.39 is 8.32 Å². The second kappa shape index (κ2) is 8.83. The van der Waals surface area contributed by atoms with Gasteiger partial charge in [-0.15, -0.1) is 0 Å². The molecular formula is C16H33IOSi. The van der Waals surface area contributed by atoms with Crippen molar-refractivity contribution in [2.24, 2.45) is 5.92 Å². The van der Waals surface area contributed by atoms with Gasteiger partial charge in [-0.05, 0) is 34.6 Å². The van der Waals surface area contributed by atoms with Crippen LogP contribution in [0.25, 0.3) is 0 Å². The van der Waals surface area contributed by atoms with Gasteiger partial charge in [-0.25, -0.2) is 0 Å². The van der Waals surface area contributed by atoms with E-state index in [4.69, 9.17) is 4.43 Å². The summed E-state index contributed by atoms with van der Waals surface area (Å²) >= 11 is 2.31. The lowest BCUT2D eigenvalue weighted by atomic mass is 9.98. The maximum absolute atomic E-state index is 6.54. The van der Waals surface area contributed by atoms with Gasteiger partial charge in [-0.3, -0.25) is 0 Å². The Bertz CT molecular complexity index is 268. The van der Waals surface area contributed by atoms with Crippen molar-refractivity contribution in [3.63, 3.8) is 0 Å². The molecule has 0 heterocycles. The van der Waals surface area contributed by atoms with Crippen LogP contribution in [0.15, 0.2) is 10.2 Å². The second-order valence-corrected chi connectivity index (χ2v) is 12.7. The third-order valence-corrected chi connectivity index (χ3v) is 9.14. The van der Waals surface area contributed by atoms with Gasteiger partial charge in [0.2, 0.25) is 0 Å². The van der Waals surface area contributed by atoms with Gasteiger partial charge in [0, 0.05) is 0 Å². The third kappa shape index (κ3) is 7.86. The van der Waals surface area contributed by atoms with Crippen molar-refractivity contribution < 1.29 is 4.43 Å². The zero-order chi connectivity index (χ0) is 15.1. The molecule has 0 spiro atoms. The lowest BCUT2D eigenvalue weighted by Gasteiger charge is -2.39. The molecule has 0 bridgehead atoms. The standard InChI is InChI=1S/C16H33IOSi/c1-8-9-10-14(2)13-15(11-12-17)18-19(6,7)16(3,4)5/h11-12,14-15H,8-10,13H2,1-7H3/b12-11+/t14-,15+/m0/s1. The van der Waals surface area contributed by atoms with Crippen molar-refractivity contribution in [1.82, 2.24) is 0 Å².